The zero-order chi connectivity index (χ0) is 19.5. The Morgan fingerprint density at radius 3 is 2.38 bits per heavy atom. The number of benzene rings is 1. The molecule has 0 bridgehead atoms. The molecule has 1 aromatic carbocycles. The highest BCUT2D eigenvalue weighted by atomic mass is 35.5. The number of rotatable bonds is 7. The van der Waals surface area contributed by atoms with E-state index in [0.29, 0.717) is 11.3 Å². The van der Waals surface area contributed by atoms with Crippen LogP contribution in [0.25, 0.3) is 0 Å². The van der Waals surface area contributed by atoms with Crippen LogP contribution >= 0.6 is 11.6 Å². The number of hydrogen-bond acceptors (Lipinski definition) is 4. The zero-order valence-electron chi connectivity index (χ0n) is 16.2. The van der Waals surface area contributed by atoms with Gasteiger partial charge in [0.05, 0.1) is 11.7 Å². The number of nitrogens with one attached hydrogen (secondary N) is 1. The van der Waals surface area contributed by atoms with E-state index in [1.165, 1.54) is 13.8 Å². The van der Waals surface area contributed by atoms with Gasteiger partial charge in [-0.15, -0.1) is 0 Å². The lowest BCUT2D eigenvalue weighted by Crippen LogP contribution is -2.16. The van der Waals surface area contributed by atoms with E-state index < -0.39 is 5.67 Å². The summed E-state index contributed by atoms with van der Waals surface area (Å²) < 4.78 is 14.4. The summed E-state index contributed by atoms with van der Waals surface area (Å²) in [6.07, 6.45) is 2.38. The smallest absolute Gasteiger partial charge is 0.224 e. The summed E-state index contributed by atoms with van der Waals surface area (Å²) in [7, 11) is 0. The number of alkyl halides is 1. The molecule has 2 rings (SSSR count). The number of nitrogens with zero attached hydrogens (tertiary/aromatic N) is 2. The van der Waals surface area contributed by atoms with Crippen molar-refractivity contribution in [2.75, 3.05) is 11.1 Å². The van der Waals surface area contributed by atoms with E-state index in [1.54, 1.807) is 6.07 Å². The first-order valence-electron chi connectivity index (χ1n) is 9.11. The lowest BCUT2D eigenvalue weighted by molar-refractivity contribution is 0.221. The molecule has 0 aliphatic carbocycles. The van der Waals surface area contributed by atoms with Gasteiger partial charge in [-0.2, -0.15) is 0 Å². The first kappa shape index (κ1) is 20.4. The van der Waals surface area contributed by atoms with Gasteiger partial charge in [0.1, 0.15) is 11.5 Å². The summed E-state index contributed by atoms with van der Waals surface area (Å²) >= 11 is 6.11. The number of halogens is 2. The minimum atomic E-state index is -1.45. The predicted molar refractivity (Wildman–Crippen MR) is 107 cm³/mol. The molecule has 0 radical (unpaired) electrons. The maximum Gasteiger partial charge on any atom is 0.224 e. The molecule has 0 spiro atoms. The lowest BCUT2D eigenvalue weighted by Gasteiger charge is -2.23. The number of hydrogen-bond donors (Lipinski definition) is 2. The van der Waals surface area contributed by atoms with E-state index in [4.69, 9.17) is 17.3 Å². The van der Waals surface area contributed by atoms with E-state index in [-0.39, 0.29) is 11.3 Å². The fourth-order valence-electron chi connectivity index (χ4n) is 3.09. The average Bonchev–Trinajstić information content (AvgIpc) is 2.57. The average molecular weight is 379 g/mol. The molecule has 4 nitrogen and oxygen atoms in total. The second kappa shape index (κ2) is 8.21. The third-order valence-corrected chi connectivity index (χ3v) is 4.71. The number of aryl methyl sites for hydroxylation is 1. The molecule has 1 aromatic heterocycles. The molecule has 3 N–H and O–H groups in total. The molecule has 2 aromatic rings. The SMILES string of the molecule is CCc1nc(Cl)nc(NC(CC)c2cc(N)cc(C(C)(C)F)c2)c1CC. The summed E-state index contributed by atoms with van der Waals surface area (Å²) in [4.78, 5) is 8.73. The van der Waals surface area contributed by atoms with E-state index in [2.05, 4.69) is 29.1 Å². The molecule has 0 saturated heterocycles. The van der Waals surface area contributed by atoms with Crippen molar-refractivity contribution in [2.24, 2.45) is 0 Å². The molecule has 26 heavy (non-hydrogen) atoms. The molecule has 142 valence electrons. The molecular formula is C20H28ClFN4. The van der Waals surface area contributed by atoms with Crippen molar-refractivity contribution >= 4 is 23.1 Å². The Kier molecular flexibility index (Phi) is 6.45. The fraction of sp³-hybridized carbons (Fsp3) is 0.500. The van der Waals surface area contributed by atoms with Crippen molar-refractivity contribution in [2.45, 2.75) is 65.6 Å². The third-order valence-electron chi connectivity index (χ3n) is 4.54. The van der Waals surface area contributed by atoms with Crippen molar-refractivity contribution in [1.82, 2.24) is 9.97 Å². The standard InChI is InChI=1S/C20H28ClFN4/c1-6-15-17(8-3)25-19(21)26-18(15)24-16(7-2)12-9-13(20(4,5)22)11-14(23)10-12/h9-11,16H,6-8,23H2,1-5H3,(H,24,25,26). The van der Waals surface area contributed by atoms with Gasteiger partial charge in [-0.3, -0.25) is 0 Å². The molecule has 1 atom stereocenters. The topological polar surface area (TPSA) is 63.8 Å². The molecule has 0 aliphatic rings. The van der Waals surface area contributed by atoms with Gasteiger partial charge < -0.3 is 11.1 Å². The van der Waals surface area contributed by atoms with Crippen LogP contribution in [0.3, 0.4) is 0 Å². The Bertz CT molecular complexity index is 771. The number of nitrogens with two attached hydrogens (primary N) is 1. The second-order valence-electron chi connectivity index (χ2n) is 6.94. The number of aromatic nitrogens is 2. The molecule has 1 heterocycles. The van der Waals surface area contributed by atoms with Gasteiger partial charge >= 0.3 is 0 Å². The normalized spacial score (nSPS) is 12.9. The highest BCUT2D eigenvalue weighted by molar-refractivity contribution is 6.28. The quantitative estimate of drug-likeness (QED) is 0.485. The minimum absolute atomic E-state index is 0.0550. The Balaban J connectivity index is 2.45. The molecule has 0 aliphatic heterocycles. The van der Waals surface area contributed by atoms with Gasteiger partial charge in [-0.1, -0.05) is 26.8 Å². The van der Waals surface area contributed by atoms with Crippen LogP contribution in [0.15, 0.2) is 18.2 Å². The maximum atomic E-state index is 14.4. The zero-order valence-corrected chi connectivity index (χ0v) is 16.9. The fourth-order valence-corrected chi connectivity index (χ4v) is 3.28. The summed E-state index contributed by atoms with van der Waals surface area (Å²) in [6, 6.07) is 5.38. The van der Waals surface area contributed by atoms with Crippen molar-refractivity contribution < 1.29 is 4.39 Å². The second-order valence-corrected chi connectivity index (χ2v) is 7.28. The minimum Gasteiger partial charge on any atom is -0.399 e. The third kappa shape index (κ3) is 4.64. The molecule has 0 fully saturated rings. The van der Waals surface area contributed by atoms with Gasteiger partial charge in [0, 0.05) is 11.3 Å². The monoisotopic (exact) mass is 378 g/mol. The van der Waals surface area contributed by atoms with Crippen LogP contribution in [0, 0.1) is 0 Å². The number of nitrogen functional groups attached to an aromatic ring is 1. The maximum absolute atomic E-state index is 14.4. The van der Waals surface area contributed by atoms with Crippen LogP contribution in [0.5, 0.6) is 0 Å². The molecule has 6 heteroatoms. The lowest BCUT2D eigenvalue weighted by atomic mass is 9.94. The van der Waals surface area contributed by atoms with Gasteiger partial charge in [-0.25, -0.2) is 14.4 Å². The van der Waals surface area contributed by atoms with Gasteiger partial charge in [0.15, 0.2) is 0 Å². The number of anilines is 2. The van der Waals surface area contributed by atoms with E-state index in [1.807, 2.05) is 19.1 Å². The van der Waals surface area contributed by atoms with Crippen LogP contribution in [0.4, 0.5) is 15.9 Å². The highest BCUT2D eigenvalue weighted by Crippen LogP contribution is 2.32. The highest BCUT2D eigenvalue weighted by Gasteiger charge is 2.22. The first-order chi connectivity index (χ1) is 12.2. The van der Waals surface area contributed by atoms with Gasteiger partial charge in [-0.05, 0) is 68.0 Å². The first-order valence-corrected chi connectivity index (χ1v) is 9.49. The van der Waals surface area contributed by atoms with Gasteiger partial charge in [0.25, 0.3) is 0 Å². The van der Waals surface area contributed by atoms with E-state index in [0.717, 1.165) is 41.9 Å². The molecule has 0 amide bonds. The Labute approximate surface area is 160 Å². The van der Waals surface area contributed by atoms with Crippen molar-refractivity contribution in [1.29, 1.82) is 0 Å². The Hall–Kier alpha value is -1.88. The summed E-state index contributed by atoms with van der Waals surface area (Å²) in [5.41, 5.74) is 8.63. The van der Waals surface area contributed by atoms with Crippen molar-refractivity contribution in [3.8, 4) is 0 Å². The Morgan fingerprint density at radius 2 is 1.85 bits per heavy atom. The van der Waals surface area contributed by atoms with E-state index >= 15 is 0 Å². The van der Waals surface area contributed by atoms with Crippen molar-refractivity contribution in [3.05, 3.63) is 45.9 Å². The van der Waals surface area contributed by atoms with Crippen molar-refractivity contribution in [3.63, 3.8) is 0 Å². The molecule has 1 unspecified atom stereocenters. The largest absolute Gasteiger partial charge is 0.399 e. The molecule has 0 saturated carbocycles. The molecular weight excluding hydrogens is 351 g/mol. The van der Waals surface area contributed by atoms with Crippen LogP contribution < -0.4 is 11.1 Å². The van der Waals surface area contributed by atoms with Crippen LogP contribution in [0.2, 0.25) is 5.28 Å². The van der Waals surface area contributed by atoms with Crippen LogP contribution in [0.1, 0.15) is 69.5 Å². The Morgan fingerprint density at radius 1 is 1.15 bits per heavy atom. The summed E-state index contributed by atoms with van der Waals surface area (Å²) in [5, 5.41) is 3.70. The van der Waals surface area contributed by atoms with Crippen LogP contribution in [-0.4, -0.2) is 9.97 Å². The predicted octanol–water partition coefficient (Wildman–Crippen LogP) is 5.60. The van der Waals surface area contributed by atoms with E-state index in [9.17, 15) is 4.39 Å². The summed E-state index contributed by atoms with van der Waals surface area (Å²) in [6.45, 7) is 9.25. The van der Waals surface area contributed by atoms with Crippen LogP contribution in [-0.2, 0) is 18.5 Å². The summed E-state index contributed by atoms with van der Waals surface area (Å²) in [5.74, 6) is 0.736. The van der Waals surface area contributed by atoms with Gasteiger partial charge in [0.2, 0.25) is 5.28 Å².